The summed E-state index contributed by atoms with van der Waals surface area (Å²) in [5.74, 6) is -0.0747. The molecular formula is C34H40N2O10. The van der Waals surface area contributed by atoms with Gasteiger partial charge >= 0.3 is 18.1 Å². The van der Waals surface area contributed by atoms with Crippen LogP contribution >= 0.6 is 0 Å². The highest BCUT2D eigenvalue weighted by Gasteiger charge is 2.49. The number of hydrogen-bond acceptors (Lipinski definition) is 11. The molecule has 46 heavy (non-hydrogen) atoms. The van der Waals surface area contributed by atoms with Crippen LogP contribution in [0.5, 0.6) is 23.0 Å². The average molecular weight is 637 g/mol. The zero-order chi connectivity index (χ0) is 32.5. The van der Waals surface area contributed by atoms with Gasteiger partial charge in [-0.3, -0.25) is 9.69 Å². The number of methoxy groups -OCH3 is 4. The normalized spacial score (nSPS) is 23.7. The van der Waals surface area contributed by atoms with E-state index in [1.807, 2.05) is 12.1 Å². The smallest absolute Gasteiger partial charge is 0.497 e. The number of piperidine rings is 1. The monoisotopic (exact) mass is 636 g/mol. The Labute approximate surface area is 267 Å². The number of H-pyrrole nitrogens is 1. The molecule has 3 aromatic rings. The zero-order valence-corrected chi connectivity index (χ0v) is 26.8. The second kappa shape index (κ2) is 13.1. The first-order valence-corrected chi connectivity index (χ1v) is 15.6. The van der Waals surface area contributed by atoms with Crippen molar-refractivity contribution in [1.29, 1.82) is 0 Å². The van der Waals surface area contributed by atoms with Gasteiger partial charge in [-0.1, -0.05) is 0 Å². The maximum atomic E-state index is 13.5. The van der Waals surface area contributed by atoms with Crippen molar-refractivity contribution in [2.24, 2.45) is 17.8 Å². The minimum absolute atomic E-state index is 0.0122. The fourth-order valence-electron chi connectivity index (χ4n) is 7.60. The van der Waals surface area contributed by atoms with Crippen molar-refractivity contribution in [3.8, 4) is 23.0 Å². The summed E-state index contributed by atoms with van der Waals surface area (Å²) in [6, 6.07) is 9.16. The lowest BCUT2D eigenvalue weighted by Crippen LogP contribution is -2.52. The maximum absolute atomic E-state index is 13.5. The fraction of sp³-hybridized carbons (Fsp3) is 0.500. The molecule has 3 heterocycles. The van der Waals surface area contributed by atoms with Gasteiger partial charge in [-0.25, -0.2) is 9.59 Å². The molecule has 12 heteroatoms. The topological polar surface area (TPSA) is 135 Å². The molecule has 2 fully saturated rings. The molecule has 1 saturated heterocycles. The van der Waals surface area contributed by atoms with Crippen LogP contribution in [0.2, 0.25) is 0 Å². The second-order valence-electron chi connectivity index (χ2n) is 12.0. The van der Waals surface area contributed by atoms with E-state index >= 15 is 0 Å². The predicted molar refractivity (Wildman–Crippen MR) is 166 cm³/mol. The van der Waals surface area contributed by atoms with Crippen LogP contribution < -0.4 is 18.9 Å². The molecule has 1 saturated carbocycles. The second-order valence-corrected chi connectivity index (χ2v) is 12.0. The quantitative estimate of drug-likeness (QED) is 0.202. The van der Waals surface area contributed by atoms with Gasteiger partial charge in [-0.2, -0.15) is 0 Å². The Bertz CT molecular complexity index is 1610. The van der Waals surface area contributed by atoms with Gasteiger partial charge in [0.15, 0.2) is 11.5 Å². The summed E-state index contributed by atoms with van der Waals surface area (Å²) in [5, 5.41) is 1.21. The first-order chi connectivity index (χ1) is 22.3. The summed E-state index contributed by atoms with van der Waals surface area (Å²) in [6.45, 7) is 3.48. The number of nitrogens with zero attached hydrogens (tertiary/aromatic N) is 1. The van der Waals surface area contributed by atoms with Crippen molar-refractivity contribution in [3.05, 3.63) is 47.2 Å². The molecule has 12 nitrogen and oxygen atoms in total. The number of ether oxygens (including phenoxy) is 7. The van der Waals surface area contributed by atoms with Crippen LogP contribution in [0.3, 0.4) is 0 Å². The zero-order valence-electron chi connectivity index (χ0n) is 26.8. The number of fused-ring (bicyclic) bond motifs is 6. The molecule has 5 atom stereocenters. The molecule has 0 amide bonds. The molecular weight excluding hydrogens is 596 g/mol. The van der Waals surface area contributed by atoms with E-state index in [9.17, 15) is 14.4 Å². The van der Waals surface area contributed by atoms with E-state index in [0.29, 0.717) is 12.8 Å². The van der Waals surface area contributed by atoms with E-state index in [-0.39, 0.29) is 53.3 Å². The molecule has 0 bridgehead atoms. The lowest BCUT2D eigenvalue weighted by Gasteiger charge is -2.51. The fourth-order valence-corrected chi connectivity index (χ4v) is 7.60. The summed E-state index contributed by atoms with van der Waals surface area (Å²) in [6.07, 6.45) is 1.29. The highest BCUT2D eigenvalue weighted by Crippen LogP contribution is 2.50. The molecule has 1 N–H and O–H groups in total. The number of carbonyl (C=O) groups excluding carboxylic acids is 3. The first kappa shape index (κ1) is 31.5. The number of nitrogens with one attached hydrogen (secondary N) is 1. The highest BCUT2D eigenvalue weighted by atomic mass is 16.7. The van der Waals surface area contributed by atoms with E-state index in [1.54, 1.807) is 14.0 Å². The van der Waals surface area contributed by atoms with Gasteiger partial charge in [0.25, 0.3) is 0 Å². The van der Waals surface area contributed by atoms with Gasteiger partial charge in [0, 0.05) is 35.8 Å². The van der Waals surface area contributed by atoms with Crippen LogP contribution in [-0.4, -0.2) is 82.2 Å². The minimum Gasteiger partial charge on any atom is -0.497 e. The van der Waals surface area contributed by atoms with E-state index in [2.05, 4.69) is 16.0 Å². The van der Waals surface area contributed by atoms with Crippen molar-refractivity contribution in [2.75, 3.05) is 48.1 Å². The van der Waals surface area contributed by atoms with Crippen LogP contribution in [0.25, 0.3) is 10.9 Å². The summed E-state index contributed by atoms with van der Waals surface area (Å²) < 4.78 is 37.7. The number of carbonyl (C=O) groups is 3. The lowest BCUT2D eigenvalue weighted by atomic mass is 9.65. The van der Waals surface area contributed by atoms with Crippen LogP contribution in [0.4, 0.5) is 4.79 Å². The molecule has 1 aromatic heterocycles. The van der Waals surface area contributed by atoms with Crippen molar-refractivity contribution in [1.82, 2.24) is 9.88 Å². The number of hydrogen-bond donors (Lipinski definition) is 1. The molecule has 6 rings (SSSR count). The van der Waals surface area contributed by atoms with E-state index < -0.39 is 24.1 Å². The van der Waals surface area contributed by atoms with Gasteiger partial charge in [-0.15, -0.1) is 0 Å². The number of benzene rings is 2. The summed E-state index contributed by atoms with van der Waals surface area (Å²) in [4.78, 5) is 44.8. The van der Waals surface area contributed by atoms with Gasteiger partial charge in [0.05, 0.1) is 52.6 Å². The van der Waals surface area contributed by atoms with Crippen LogP contribution in [0.15, 0.2) is 30.3 Å². The molecule has 3 aliphatic rings. The SMILES string of the molecule is CCOC(=O)Oc1c(OC)cc(C(=O)O[C@@H]2C[C@@H]3CN4CCc5c([nH]c6cc(OC)ccc56)[C@H]4C[C@@H]3[C@H](C(=O)OC)C2)cc1OC. The molecule has 0 radical (unpaired) electrons. The predicted octanol–water partition coefficient (Wildman–Crippen LogP) is 5.07. The van der Waals surface area contributed by atoms with Crippen molar-refractivity contribution in [3.63, 3.8) is 0 Å². The third-order valence-electron chi connectivity index (χ3n) is 9.66. The molecule has 0 spiro atoms. The Morgan fingerprint density at radius 3 is 2.39 bits per heavy atom. The summed E-state index contributed by atoms with van der Waals surface area (Å²) in [7, 11) is 5.85. The Hall–Kier alpha value is -4.45. The summed E-state index contributed by atoms with van der Waals surface area (Å²) >= 11 is 0. The molecule has 2 aromatic carbocycles. The minimum atomic E-state index is -0.926. The van der Waals surface area contributed by atoms with Crippen molar-refractivity contribution >= 4 is 29.0 Å². The standard InChI is InChI=1S/C34H40N2O10/c1-6-44-34(39)46-31-28(41-3)12-18(13-29(31)42-4)32(37)45-21-11-19-17-36-10-9-23-22-8-7-20(40-2)15-26(22)35-30(23)27(36)16-24(19)25(14-21)33(38)43-5/h7-8,12-13,15,19,21,24-25,27,35H,6,9-11,14,16-17H2,1-5H3/t19-,21-,24+,25-,27-/m1/s1. The molecule has 1 aliphatic carbocycles. The Morgan fingerprint density at radius 2 is 1.72 bits per heavy atom. The van der Waals surface area contributed by atoms with Crippen LogP contribution in [-0.2, 0) is 25.4 Å². The van der Waals surface area contributed by atoms with E-state index in [1.165, 1.54) is 50.1 Å². The van der Waals surface area contributed by atoms with Gasteiger partial charge < -0.3 is 38.1 Å². The first-order valence-electron chi connectivity index (χ1n) is 15.6. The molecule has 246 valence electrons. The van der Waals surface area contributed by atoms with Crippen molar-refractivity contribution in [2.45, 2.75) is 44.8 Å². The average Bonchev–Trinajstić information content (AvgIpc) is 3.45. The largest absolute Gasteiger partial charge is 0.514 e. The Morgan fingerprint density at radius 1 is 0.957 bits per heavy atom. The highest BCUT2D eigenvalue weighted by molar-refractivity contribution is 5.91. The van der Waals surface area contributed by atoms with Gasteiger partial charge in [-0.05, 0) is 74.3 Å². The lowest BCUT2D eigenvalue weighted by molar-refractivity contribution is -0.155. The van der Waals surface area contributed by atoms with Crippen LogP contribution in [0, 0.1) is 17.8 Å². The Kier molecular flexibility index (Phi) is 8.99. The maximum Gasteiger partial charge on any atom is 0.514 e. The Balaban J connectivity index is 1.22. The van der Waals surface area contributed by atoms with Crippen LogP contribution in [0.1, 0.15) is 53.8 Å². The third kappa shape index (κ3) is 5.81. The van der Waals surface area contributed by atoms with E-state index in [4.69, 9.17) is 33.2 Å². The third-order valence-corrected chi connectivity index (χ3v) is 9.66. The number of aromatic nitrogens is 1. The van der Waals surface area contributed by atoms with Crippen molar-refractivity contribution < 1.29 is 47.5 Å². The van der Waals surface area contributed by atoms with Gasteiger partial charge in [0.2, 0.25) is 5.75 Å². The molecule has 0 unspecified atom stereocenters. The van der Waals surface area contributed by atoms with E-state index in [0.717, 1.165) is 37.2 Å². The number of rotatable bonds is 8. The number of esters is 2. The number of aromatic amines is 1. The summed E-state index contributed by atoms with van der Waals surface area (Å²) in [5.41, 5.74) is 3.76. The van der Waals surface area contributed by atoms with Gasteiger partial charge in [0.1, 0.15) is 11.9 Å². The molecule has 2 aliphatic heterocycles.